The Balaban J connectivity index is 1.68. The topological polar surface area (TPSA) is 75.6 Å². The number of ether oxygens (including phenoxy) is 1. The van der Waals surface area contributed by atoms with Gasteiger partial charge in [0.15, 0.2) is 22.5 Å². The van der Waals surface area contributed by atoms with E-state index in [9.17, 15) is 13.6 Å². The van der Waals surface area contributed by atoms with E-state index >= 15 is 0 Å². The molecule has 1 atom stereocenters. The number of nitrogens with zero attached hydrogens (tertiary/aromatic N) is 2. The Labute approximate surface area is 170 Å². The van der Waals surface area contributed by atoms with Crippen molar-refractivity contribution in [3.8, 4) is 0 Å². The molecule has 2 aromatic rings. The smallest absolute Gasteiger partial charge is 0.338 e. The minimum atomic E-state index is -0.946. The van der Waals surface area contributed by atoms with Crippen LogP contribution in [0.15, 0.2) is 40.5 Å². The van der Waals surface area contributed by atoms with Crippen molar-refractivity contribution in [1.82, 2.24) is 15.6 Å². The number of thiazole rings is 1. The number of benzene rings is 1. The largest absolute Gasteiger partial charge is 0.459 e. The molecule has 1 aromatic carbocycles. The van der Waals surface area contributed by atoms with Gasteiger partial charge >= 0.3 is 5.97 Å². The Morgan fingerprint density at radius 3 is 2.79 bits per heavy atom. The molecule has 0 aliphatic carbocycles. The number of aliphatic imine (C=N–C) groups is 1. The third-order valence-electron chi connectivity index (χ3n) is 5.02. The fourth-order valence-corrected chi connectivity index (χ4v) is 4.02. The van der Waals surface area contributed by atoms with E-state index in [4.69, 9.17) is 4.74 Å². The summed E-state index contributed by atoms with van der Waals surface area (Å²) in [6.45, 7) is 3.05. The zero-order chi connectivity index (χ0) is 20.4. The van der Waals surface area contributed by atoms with Crippen molar-refractivity contribution in [1.29, 1.82) is 0 Å². The molecule has 0 amide bonds. The van der Waals surface area contributed by atoms with Crippen LogP contribution < -0.4 is 10.6 Å². The summed E-state index contributed by atoms with van der Waals surface area (Å²) in [5.74, 6) is -1.93. The Kier molecular flexibility index (Phi) is 5.68. The van der Waals surface area contributed by atoms with E-state index in [-0.39, 0.29) is 17.2 Å². The SMILES string of the molecule is Cc1c(C2N=C(c3nccs3)NC=C2C(=O)OC2CCNCC2)ccc(F)c1F. The van der Waals surface area contributed by atoms with Gasteiger partial charge in [0.05, 0.1) is 5.57 Å². The lowest BCUT2D eigenvalue weighted by Crippen LogP contribution is -2.35. The maximum atomic E-state index is 14.2. The average molecular weight is 418 g/mol. The normalized spacial score (nSPS) is 19.9. The molecule has 3 heterocycles. The molecule has 2 aliphatic heterocycles. The van der Waals surface area contributed by atoms with Gasteiger partial charge < -0.3 is 15.4 Å². The van der Waals surface area contributed by atoms with E-state index in [2.05, 4.69) is 20.6 Å². The van der Waals surface area contributed by atoms with E-state index in [0.717, 1.165) is 32.0 Å². The predicted octanol–water partition coefficient (Wildman–Crippen LogP) is 3.00. The molecule has 1 aromatic heterocycles. The lowest BCUT2D eigenvalue weighted by atomic mass is 9.94. The van der Waals surface area contributed by atoms with Gasteiger partial charge in [-0.3, -0.25) is 4.99 Å². The van der Waals surface area contributed by atoms with Crippen LogP contribution in [-0.4, -0.2) is 36.0 Å². The number of hydrogen-bond donors (Lipinski definition) is 2. The molecule has 0 saturated carbocycles. The van der Waals surface area contributed by atoms with Gasteiger partial charge in [-0.25, -0.2) is 18.6 Å². The summed E-state index contributed by atoms with van der Waals surface area (Å²) >= 11 is 1.38. The molecule has 1 unspecified atom stereocenters. The fourth-order valence-electron chi connectivity index (χ4n) is 3.42. The van der Waals surface area contributed by atoms with Crippen molar-refractivity contribution in [2.75, 3.05) is 13.1 Å². The van der Waals surface area contributed by atoms with Crippen molar-refractivity contribution in [2.24, 2.45) is 4.99 Å². The molecule has 1 fully saturated rings. The van der Waals surface area contributed by atoms with Crippen molar-refractivity contribution in [2.45, 2.75) is 31.9 Å². The molecular weight excluding hydrogens is 398 g/mol. The lowest BCUT2D eigenvalue weighted by molar-refractivity contribution is -0.145. The molecule has 1 saturated heterocycles. The summed E-state index contributed by atoms with van der Waals surface area (Å²) in [4.78, 5) is 21.7. The molecule has 9 heteroatoms. The van der Waals surface area contributed by atoms with Crippen LogP contribution in [0.25, 0.3) is 0 Å². The minimum absolute atomic E-state index is 0.111. The number of nitrogens with one attached hydrogen (secondary N) is 2. The first-order chi connectivity index (χ1) is 14.0. The van der Waals surface area contributed by atoms with Crippen LogP contribution in [0.2, 0.25) is 0 Å². The number of carbonyl (C=O) groups is 1. The van der Waals surface area contributed by atoms with Gasteiger partial charge in [-0.15, -0.1) is 11.3 Å². The fraction of sp³-hybridized carbons (Fsp3) is 0.350. The van der Waals surface area contributed by atoms with Crippen molar-refractivity contribution in [3.05, 3.63) is 63.3 Å². The Hall–Kier alpha value is -2.65. The van der Waals surface area contributed by atoms with Gasteiger partial charge in [-0.05, 0) is 50.0 Å². The highest BCUT2D eigenvalue weighted by Gasteiger charge is 2.32. The lowest BCUT2D eigenvalue weighted by Gasteiger charge is -2.27. The molecule has 2 aliphatic rings. The standard InChI is InChI=1S/C20H20F2N4O2S/c1-11-13(2-3-15(21)16(11)22)17-14(20(27)28-12-4-6-23-7-5-12)10-25-18(26-17)19-24-8-9-29-19/h2-3,8-10,12,17,23H,4-7H2,1H3,(H,25,26). The van der Waals surface area contributed by atoms with Gasteiger partial charge in [0.25, 0.3) is 0 Å². The maximum Gasteiger partial charge on any atom is 0.338 e. The van der Waals surface area contributed by atoms with Gasteiger partial charge in [0, 0.05) is 17.8 Å². The third-order valence-corrected chi connectivity index (χ3v) is 5.80. The number of rotatable bonds is 4. The summed E-state index contributed by atoms with van der Waals surface area (Å²) in [5.41, 5.74) is 0.769. The Bertz CT molecular complexity index is 969. The number of piperidine rings is 1. The van der Waals surface area contributed by atoms with E-state index in [1.165, 1.54) is 30.5 Å². The Morgan fingerprint density at radius 2 is 2.07 bits per heavy atom. The van der Waals surface area contributed by atoms with Gasteiger partial charge in [-0.1, -0.05) is 6.07 Å². The summed E-state index contributed by atoms with van der Waals surface area (Å²) in [6, 6.07) is 1.69. The maximum absolute atomic E-state index is 14.2. The number of aromatic nitrogens is 1. The molecular formula is C20H20F2N4O2S. The minimum Gasteiger partial charge on any atom is -0.459 e. The summed E-state index contributed by atoms with van der Waals surface area (Å²) in [6.07, 6.45) is 4.45. The first-order valence-electron chi connectivity index (χ1n) is 9.35. The second-order valence-electron chi connectivity index (χ2n) is 6.89. The molecule has 4 rings (SSSR count). The van der Waals surface area contributed by atoms with Crippen LogP contribution >= 0.6 is 11.3 Å². The number of hydrogen-bond acceptors (Lipinski definition) is 7. The van der Waals surface area contributed by atoms with Gasteiger partial charge in [-0.2, -0.15) is 0 Å². The molecule has 152 valence electrons. The van der Waals surface area contributed by atoms with Crippen LogP contribution in [0, 0.1) is 18.6 Å². The molecule has 0 spiro atoms. The van der Waals surface area contributed by atoms with E-state index in [1.54, 1.807) is 6.20 Å². The average Bonchev–Trinajstić information content (AvgIpc) is 3.27. The number of carbonyl (C=O) groups excluding carboxylic acids is 1. The van der Waals surface area contributed by atoms with Crippen molar-refractivity contribution < 1.29 is 18.3 Å². The predicted molar refractivity (Wildman–Crippen MR) is 106 cm³/mol. The molecule has 29 heavy (non-hydrogen) atoms. The zero-order valence-electron chi connectivity index (χ0n) is 15.7. The molecule has 2 N–H and O–H groups in total. The van der Waals surface area contributed by atoms with Crippen molar-refractivity contribution in [3.63, 3.8) is 0 Å². The van der Waals surface area contributed by atoms with Gasteiger partial charge in [0.2, 0.25) is 0 Å². The highest BCUT2D eigenvalue weighted by Crippen LogP contribution is 2.34. The van der Waals surface area contributed by atoms with Crippen LogP contribution in [0.3, 0.4) is 0 Å². The van der Waals surface area contributed by atoms with Crippen molar-refractivity contribution >= 4 is 23.1 Å². The quantitative estimate of drug-likeness (QED) is 0.747. The number of esters is 1. The van der Waals surface area contributed by atoms with Crippen LogP contribution in [0.5, 0.6) is 0 Å². The zero-order valence-corrected chi connectivity index (χ0v) is 16.6. The Morgan fingerprint density at radius 1 is 1.28 bits per heavy atom. The number of amidine groups is 1. The number of halogens is 2. The molecule has 0 bridgehead atoms. The third kappa shape index (κ3) is 4.06. The van der Waals surface area contributed by atoms with E-state index in [0.29, 0.717) is 16.4 Å². The first-order valence-corrected chi connectivity index (χ1v) is 10.2. The van der Waals surface area contributed by atoms with E-state index in [1.807, 2.05) is 5.38 Å². The van der Waals surface area contributed by atoms with Crippen LogP contribution in [-0.2, 0) is 9.53 Å². The van der Waals surface area contributed by atoms with Crippen LogP contribution in [0.4, 0.5) is 8.78 Å². The summed E-state index contributed by atoms with van der Waals surface area (Å²) in [5, 5.41) is 8.65. The summed E-state index contributed by atoms with van der Waals surface area (Å²) < 4.78 is 33.5. The highest BCUT2D eigenvalue weighted by molar-refractivity contribution is 7.11. The second kappa shape index (κ2) is 8.38. The second-order valence-corrected chi connectivity index (χ2v) is 7.79. The van der Waals surface area contributed by atoms with Gasteiger partial charge in [0.1, 0.15) is 12.1 Å². The summed E-state index contributed by atoms with van der Waals surface area (Å²) in [7, 11) is 0. The molecule has 6 nitrogen and oxygen atoms in total. The monoisotopic (exact) mass is 418 g/mol. The van der Waals surface area contributed by atoms with Crippen LogP contribution in [0.1, 0.15) is 35.0 Å². The first kappa shape index (κ1) is 19.7. The highest BCUT2D eigenvalue weighted by atomic mass is 32.1. The van der Waals surface area contributed by atoms with E-state index < -0.39 is 23.6 Å². The molecule has 0 radical (unpaired) electrons.